The number of hydrogen-bond donors (Lipinski definition) is 0. The fraction of sp³-hybridized carbons (Fsp3) is 0.0625. The summed E-state index contributed by atoms with van der Waals surface area (Å²) in [5.74, 6) is -0.0670. The van der Waals surface area contributed by atoms with Crippen molar-refractivity contribution < 1.29 is 4.79 Å². The molecule has 22 heavy (non-hydrogen) atoms. The molecule has 2 heterocycles. The highest BCUT2D eigenvalue weighted by molar-refractivity contribution is 8.18. The lowest BCUT2D eigenvalue weighted by molar-refractivity contribution is -0.121. The summed E-state index contributed by atoms with van der Waals surface area (Å²) in [4.78, 5) is 22.9. The topological polar surface area (TPSA) is 45.6 Å². The first kappa shape index (κ1) is 14.8. The van der Waals surface area contributed by atoms with Crippen LogP contribution in [0.4, 0.5) is 5.69 Å². The van der Waals surface area contributed by atoms with Gasteiger partial charge in [-0.2, -0.15) is 0 Å². The second kappa shape index (κ2) is 6.34. The minimum absolute atomic E-state index is 0.0670. The summed E-state index contributed by atoms with van der Waals surface area (Å²) in [5.41, 5.74) is 1.65. The van der Waals surface area contributed by atoms with Crippen LogP contribution < -0.4 is 0 Å². The third-order valence-electron chi connectivity index (χ3n) is 3.04. The molecule has 1 aromatic heterocycles. The van der Waals surface area contributed by atoms with Gasteiger partial charge in [-0.3, -0.25) is 14.7 Å². The van der Waals surface area contributed by atoms with Crippen LogP contribution in [0.1, 0.15) is 5.56 Å². The Morgan fingerprint density at radius 2 is 2.05 bits per heavy atom. The van der Waals surface area contributed by atoms with Gasteiger partial charge in [0.15, 0.2) is 5.17 Å². The SMILES string of the molecule is CN1C(=O)/C(=C/c2ccc(Cl)cc2)SC1=Nc1cccnc1. The zero-order valence-electron chi connectivity index (χ0n) is 11.7. The van der Waals surface area contributed by atoms with Gasteiger partial charge in [-0.05, 0) is 47.7 Å². The van der Waals surface area contributed by atoms with Gasteiger partial charge >= 0.3 is 0 Å². The maximum Gasteiger partial charge on any atom is 0.266 e. The first-order chi connectivity index (χ1) is 10.6. The molecule has 1 fully saturated rings. The summed E-state index contributed by atoms with van der Waals surface area (Å²) in [6, 6.07) is 11.0. The van der Waals surface area contributed by atoms with Crippen molar-refractivity contribution in [3.8, 4) is 0 Å². The van der Waals surface area contributed by atoms with Gasteiger partial charge in [0, 0.05) is 18.3 Å². The Morgan fingerprint density at radius 1 is 1.27 bits per heavy atom. The summed E-state index contributed by atoms with van der Waals surface area (Å²) in [6.45, 7) is 0. The van der Waals surface area contributed by atoms with Gasteiger partial charge in [0.1, 0.15) is 0 Å². The van der Waals surface area contributed by atoms with Gasteiger partial charge in [-0.25, -0.2) is 4.99 Å². The molecule has 1 saturated heterocycles. The van der Waals surface area contributed by atoms with Crippen LogP contribution >= 0.6 is 23.4 Å². The monoisotopic (exact) mass is 329 g/mol. The Morgan fingerprint density at radius 3 is 2.73 bits per heavy atom. The third kappa shape index (κ3) is 3.21. The predicted octanol–water partition coefficient (Wildman–Crippen LogP) is 3.97. The number of likely N-dealkylation sites (N-methyl/N-ethyl adjacent to an activating group) is 1. The lowest BCUT2D eigenvalue weighted by atomic mass is 10.2. The van der Waals surface area contributed by atoms with Crippen LogP contribution in [-0.2, 0) is 4.79 Å². The summed E-state index contributed by atoms with van der Waals surface area (Å²) < 4.78 is 0. The molecule has 1 aliphatic heterocycles. The van der Waals surface area contributed by atoms with Crippen LogP contribution in [0.2, 0.25) is 5.02 Å². The standard InChI is InChI=1S/C16H12ClN3OS/c1-20-15(21)14(9-11-4-6-12(17)7-5-11)22-16(20)19-13-3-2-8-18-10-13/h2-10H,1H3/b14-9-,19-16?. The Labute approximate surface area is 137 Å². The van der Waals surface area contributed by atoms with Crippen molar-refractivity contribution in [1.29, 1.82) is 0 Å². The largest absolute Gasteiger partial charge is 0.290 e. The fourth-order valence-corrected chi connectivity index (χ4v) is 3.01. The smallest absolute Gasteiger partial charge is 0.266 e. The minimum atomic E-state index is -0.0670. The van der Waals surface area contributed by atoms with Crippen LogP contribution in [0, 0.1) is 0 Å². The molecule has 0 N–H and O–H groups in total. The fourth-order valence-electron chi connectivity index (χ4n) is 1.89. The van der Waals surface area contributed by atoms with Crippen molar-refractivity contribution in [2.75, 3.05) is 7.05 Å². The van der Waals surface area contributed by atoms with E-state index in [0.29, 0.717) is 15.1 Å². The molecule has 0 atom stereocenters. The molecule has 1 aromatic carbocycles. The van der Waals surface area contributed by atoms with E-state index in [1.807, 2.05) is 30.3 Å². The maximum absolute atomic E-state index is 12.3. The zero-order chi connectivity index (χ0) is 15.5. The molecule has 1 aliphatic rings. The van der Waals surface area contributed by atoms with E-state index in [1.54, 1.807) is 36.5 Å². The molecular formula is C16H12ClN3OS. The molecule has 0 unspecified atom stereocenters. The van der Waals surface area contributed by atoms with Gasteiger partial charge in [-0.1, -0.05) is 23.7 Å². The Bertz CT molecular complexity index is 757. The molecule has 110 valence electrons. The Kier molecular flexibility index (Phi) is 4.27. The highest BCUT2D eigenvalue weighted by Crippen LogP contribution is 2.33. The number of thioether (sulfide) groups is 1. The third-order valence-corrected chi connectivity index (χ3v) is 4.35. The number of halogens is 1. The van der Waals surface area contributed by atoms with Gasteiger partial charge in [0.2, 0.25) is 0 Å². The summed E-state index contributed by atoms with van der Waals surface area (Å²) >= 11 is 7.21. The molecule has 1 amide bonds. The summed E-state index contributed by atoms with van der Waals surface area (Å²) in [7, 11) is 1.72. The predicted molar refractivity (Wildman–Crippen MR) is 91.1 cm³/mol. The quantitative estimate of drug-likeness (QED) is 0.783. The molecule has 0 saturated carbocycles. The molecule has 4 nitrogen and oxygen atoms in total. The van der Waals surface area contributed by atoms with E-state index in [1.165, 1.54) is 11.8 Å². The van der Waals surface area contributed by atoms with Crippen LogP contribution in [0.5, 0.6) is 0 Å². The lowest BCUT2D eigenvalue weighted by Gasteiger charge is -2.06. The number of rotatable bonds is 2. The lowest BCUT2D eigenvalue weighted by Crippen LogP contribution is -2.23. The van der Waals surface area contributed by atoms with Crippen molar-refractivity contribution in [3.63, 3.8) is 0 Å². The van der Waals surface area contributed by atoms with Gasteiger partial charge in [0.05, 0.1) is 16.8 Å². The van der Waals surface area contributed by atoms with E-state index in [9.17, 15) is 4.79 Å². The van der Waals surface area contributed by atoms with E-state index in [2.05, 4.69) is 9.98 Å². The van der Waals surface area contributed by atoms with Crippen LogP contribution in [0.25, 0.3) is 6.08 Å². The summed E-state index contributed by atoms with van der Waals surface area (Å²) in [6.07, 6.45) is 5.19. The second-order valence-electron chi connectivity index (χ2n) is 4.63. The van der Waals surface area contributed by atoms with Crippen molar-refractivity contribution >= 4 is 46.2 Å². The molecule has 6 heteroatoms. The van der Waals surface area contributed by atoms with Gasteiger partial charge < -0.3 is 0 Å². The van der Waals surface area contributed by atoms with Crippen molar-refractivity contribution in [3.05, 3.63) is 64.3 Å². The first-order valence-corrected chi connectivity index (χ1v) is 7.75. The molecule has 0 bridgehead atoms. The van der Waals surface area contributed by atoms with E-state index in [-0.39, 0.29) is 5.91 Å². The van der Waals surface area contributed by atoms with E-state index in [4.69, 9.17) is 11.6 Å². The maximum atomic E-state index is 12.3. The Balaban J connectivity index is 1.88. The average molecular weight is 330 g/mol. The number of amides is 1. The molecular weight excluding hydrogens is 318 g/mol. The normalized spacial score (nSPS) is 18.5. The second-order valence-corrected chi connectivity index (χ2v) is 6.08. The number of carbonyl (C=O) groups is 1. The van der Waals surface area contributed by atoms with Crippen molar-refractivity contribution in [1.82, 2.24) is 9.88 Å². The van der Waals surface area contributed by atoms with E-state index >= 15 is 0 Å². The minimum Gasteiger partial charge on any atom is -0.290 e. The molecule has 0 aliphatic carbocycles. The van der Waals surface area contributed by atoms with Crippen molar-refractivity contribution in [2.45, 2.75) is 0 Å². The first-order valence-electron chi connectivity index (χ1n) is 6.55. The average Bonchev–Trinajstić information content (AvgIpc) is 2.79. The number of pyridine rings is 1. The van der Waals surface area contributed by atoms with Gasteiger partial charge in [-0.15, -0.1) is 0 Å². The number of hydrogen-bond acceptors (Lipinski definition) is 4. The van der Waals surface area contributed by atoms with E-state index in [0.717, 1.165) is 11.3 Å². The van der Waals surface area contributed by atoms with Crippen molar-refractivity contribution in [2.24, 2.45) is 4.99 Å². The zero-order valence-corrected chi connectivity index (χ0v) is 13.3. The number of nitrogens with zero attached hydrogens (tertiary/aromatic N) is 3. The highest BCUT2D eigenvalue weighted by Gasteiger charge is 2.30. The highest BCUT2D eigenvalue weighted by atomic mass is 35.5. The molecule has 0 spiro atoms. The van der Waals surface area contributed by atoms with Crippen LogP contribution in [0.3, 0.4) is 0 Å². The van der Waals surface area contributed by atoms with Crippen LogP contribution in [0.15, 0.2) is 58.7 Å². The number of carbonyl (C=O) groups excluding carboxylic acids is 1. The summed E-state index contributed by atoms with van der Waals surface area (Å²) in [5, 5.41) is 1.31. The Hall–Kier alpha value is -2.11. The number of amidine groups is 1. The molecule has 3 rings (SSSR count). The van der Waals surface area contributed by atoms with Gasteiger partial charge in [0.25, 0.3) is 5.91 Å². The molecule has 2 aromatic rings. The molecule has 0 radical (unpaired) electrons. The van der Waals surface area contributed by atoms with Crippen LogP contribution in [-0.4, -0.2) is 28.0 Å². The number of benzene rings is 1. The van der Waals surface area contributed by atoms with E-state index < -0.39 is 0 Å². The number of aliphatic imine (C=N–C) groups is 1. The number of aromatic nitrogens is 1.